The molecule has 0 radical (unpaired) electrons. The maximum atomic E-state index is 10.3. The number of aliphatic hydroxyl groups is 1. The second-order valence-electron chi connectivity index (χ2n) is 6.43. The number of likely N-dealkylation sites (tertiary alicyclic amines) is 1. The molecule has 1 aliphatic rings. The SMILES string of the molecule is CC(C)(O)C1CCCN1Cc1csc(-c2ccc(Cl)cc2)n1. The summed E-state index contributed by atoms with van der Waals surface area (Å²) < 4.78 is 0. The average molecular weight is 337 g/mol. The van der Waals surface area contributed by atoms with Crippen molar-refractivity contribution in [3.63, 3.8) is 0 Å². The van der Waals surface area contributed by atoms with E-state index in [1.165, 1.54) is 0 Å². The van der Waals surface area contributed by atoms with E-state index in [2.05, 4.69) is 10.3 Å². The van der Waals surface area contributed by atoms with Gasteiger partial charge in [-0.2, -0.15) is 0 Å². The zero-order valence-corrected chi connectivity index (χ0v) is 14.5. The first-order valence-electron chi connectivity index (χ1n) is 7.60. The fraction of sp³-hybridized carbons (Fsp3) is 0.471. The van der Waals surface area contributed by atoms with Gasteiger partial charge in [-0.1, -0.05) is 23.7 Å². The van der Waals surface area contributed by atoms with Crippen LogP contribution >= 0.6 is 22.9 Å². The summed E-state index contributed by atoms with van der Waals surface area (Å²) in [5.41, 5.74) is 1.51. The predicted molar refractivity (Wildman–Crippen MR) is 92.3 cm³/mol. The molecule has 3 rings (SSSR count). The Morgan fingerprint density at radius 3 is 2.77 bits per heavy atom. The molecule has 0 spiro atoms. The zero-order valence-electron chi connectivity index (χ0n) is 12.9. The van der Waals surface area contributed by atoms with Crippen molar-refractivity contribution < 1.29 is 5.11 Å². The maximum absolute atomic E-state index is 10.3. The number of benzene rings is 1. The first-order chi connectivity index (χ1) is 10.4. The number of hydrogen-bond donors (Lipinski definition) is 1. The largest absolute Gasteiger partial charge is 0.389 e. The fourth-order valence-corrected chi connectivity index (χ4v) is 4.07. The van der Waals surface area contributed by atoms with Crippen molar-refractivity contribution in [2.45, 2.75) is 44.9 Å². The smallest absolute Gasteiger partial charge is 0.123 e. The molecule has 1 saturated heterocycles. The van der Waals surface area contributed by atoms with E-state index < -0.39 is 5.60 Å². The minimum Gasteiger partial charge on any atom is -0.389 e. The topological polar surface area (TPSA) is 36.4 Å². The molecule has 2 heterocycles. The summed E-state index contributed by atoms with van der Waals surface area (Å²) >= 11 is 7.59. The lowest BCUT2D eigenvalue weighted by Gasteiger charge is -2.33. The van der Waals surface area contributed by atoms with Gasteiger partial charge in [0, 0.05) is 28.6 Å². The lowest BCUT2D eigenvalue weighted by molar-refractivity contribution is -0.00530. The van der Waals surface area contributed by atoms with E-state index in [9.17, 15) is 5.11 Å². The Hall–Kier alpha value is -0.940. The van der Waals surface area contributed by atoms with Crippen LogP contribution in [-0.2, 0) is 6.54 Å². The van der Waals surface area contributed by atoms with E-state index in [0.29, 0.717) is 0 Å². The molecule has 5 heteroatoms. The molecule has 1 atom stereocenters. The van der Waals surface area contributed by atoms with Crippen molar-refractivity contribution in [2.75, 3.05) is 6.54 Å². The minimum atomic E-state index is -0.661. The Labute approximate surface area is 140 Å². The van der Waals surface area contributed by atoms with Crippen molar-refractivity contribution in [3.8, 4) is 10.6 Å². The summed E-state index contributed by atoms with van der Waals surface area (Å²) in [5, 5.41) is 14.2. The highest BCUT2D eigenvalue weighted by Gasteiger charge is 2.35. The van der Waals surface area contributed by atoms with Gasteiger partial charge in [-0.3, -0.25) is 4.90 Å². The van der Waals surface area contributed by atoms with Crippen LogP contribution in [0, 0.1) is 0 Å². The lowest BCUT2D eigenvalue weighted by atomic mass is 9.96. The standard InChI is InChI=1S/C17H21ClN2OS/c1-17(2,21)15-4-3-9-20(15)10-14-11-22-16(19-14)12-5-7-13(18)8-6-12/h5-8,11,15,21H,3-4,9-10H2,1-2H3. The molecular formula is C17H21ClN2OS. The van der Waals surface area contributed by atoms with Crippen LogP contribution in [0.1, 0.15) is 32.4 Å². The summed E-state index contributed by atoms with van der Waals surface area (Å²) in [6, 6.07) is 8.00. The molecule has 3 nitrogen and oxygen atoms in total. The molecule has 1 aliphatic heterocycles. The van der Waals surface area contributed by atoms with Crippen molar-refractivity contribution >= 4 is 22.9 Å². The van der Waals surface area contributed by atoms with Crippen LogP contribution in [0.15, 0.2) is 29.6 Å². The second-order valence-corrected chi connectivity index (χ2v) is 7.73. The third kappa shape index (κ3) is 3.51. The van der Waals surface area contributed by atoms with Crippen molar-refractivity contribution in [2.24, 2.45) is 0 Å². The molecule has 22 heavy (non-hydrogen) atoms. The van der Waals surface area contributed by atoms with Crippen molar-refractivity contribution in [1.82, 2.24) is 9.88 Å². The van der Waals surface area contributed by atoms with Crippen molar-refractivity contribution in [3.05, 3.63) is 40.4 Å². The Kier molecular flexibility index (Phi) is 4.55. The van der Waals surface area contributed by atoms with Gasteiger partial charge >= 0.3 is 0 Å². The molecule has 118 valence electrons. The van der Waals surface area contributed by atoms with E-state index in [-0.39, 0.29) is 6.04 Å². The first-order valence-corrected chi connectivity index (χ1v) is 8.86. The van der Waals surface area contributed by atoms with Gasteiger partial charge in [-0.15, -0.1) is 11.3 Å². The van der Waals surface area contributed by atoms with E-state index in [1.54, 1.807) is 11.3 Å². The van der Waals surface area contributed by atoms with Gasteiger partial charge < -0.3 is 5.11 Å². The van der Waals surface area contributed by atoms with Crippen LogP contribution in [0.25, 0.3) is 10.6 Å². The van der Waals surface area contributed by atoms with Gasteiger partial charge in [0.05, 0.1) is 11.3 Å². The van der Waals surface area contributed by atoms with Crippen LogP contribution in [0.4, 0.5) is 0 Å². The highest BCUT2D eigenvalue weighted by molar-refractivity contribution is 7.13. The zero-order chi connectivity index (χ0) is 15.7. The minimum absolute atomic E-state index is 0.216. The van der Waals surface area contributed by atoms with Gasteiger partial charge in [0.1, 0.15) is 5.01 Å². The molecule has 0 amide bonds. The summed E-state index contributed by atoms with van der Waals surface area (Å²) in [6.45, 7) is 5.63. The Balaban J connectivity index is 1.73. The van der Waals surface area contributed by atoms with Crippen molar-refractivity contribution in [1.29, 1.82) is 0 Å². The van der Waals surface area contributed by atoms with Gasteiger partial charge in [-0.05, 0) is 45.4 Å². The van der Waals surface area contributed by atoms with Crippen LogP contribution in [0.5, 0.6) is 0 Å². The number of hydrogen-bond acceptors (Lipinski definition) is 4. The average Bonchev–Trinajstić information content (AvgIpc) is 3.09. The van der Waals surface area contributed by atoms with E-state index in [4.69, 9.17) is 16.6 Å². The third-order valence-corrected chi connectivity index (χ3v) is 5.38. The maximum Gasteiger partial charge on any atom is 0.123 e. The number of aromatic nitrogens is 1. The lowest BCUT2D eigenvalue weighted by Crippen LogP contribution is -2.45. The fourth-order valence-electron chi connectivity index (χ4n) is 3.13. The molecule has 0 aliphatic carbocycles. The normalized spacial score (nSPS) is 19.7. The number of rotatable bonds is 4. The van der Waals surface area contributed by atoms with Crippen LogP contribution in [0.3, 0.4) is 0 Å². The van der Waals surface area contributed by atoms with Crippen LogP contribution < -0.4 is 0 Å². The molecule has 0 bridgehead atoms. The molecule has 0 saturated carbocycles. The van der Waals surface area contributed by atoms with E-state index in [1.807, 2.05) is 38.1 Å². The van der Waals surface area contributed by atoms with Gasteiger partial charge in [0.25, 0.3) is 0 Å². The quantitative estimate of drug-likeness (QED) is 0.909. The van der Waals surface area contributed by atoms with Gasteiger partial charge in [-0.25, -0.2) is 4.98 Å². The second kappa shape index (κ2) is 6.28. The Bertz CT molecular complexity index is 633. The summed E-state index contributed by atoms with van der Waals surface area (Å²) in [7, 11) is 0. The summed E-state index contributed by atoms with van der Waals surface area (Å²) in [6.07, 6.45) is 2.19. The predicted octanol–water partition coefficient (Wildman–Crippen LogP) is 4.20. The Morgan fingerprint density at radius 1 is 1.36 bits per heavy atom. The highest BCUT2D eigenvalue weighted by Crippen LogP contribution is 2.30. The van der Waals surface area contributed by atoms with Gasteiger partial charge in [0.15, 0.2) is 0 Å². The number of nitrogens with zero attached hydrogens (tertiary/aromatic N) is 2. The van der Waals surface area contributed by atoms with E-state index in [0.717, 1.165) is 47.2 Å². The van der Waals surface area contributed by atoms with E-state index >= 15 is 0 Å². The molecule has 1 aromatic carbocycles. The summed E-state index contributed by atoms with van der Waals surface area (Å²) in [5.74, 6) is 0. The number of thiazole rings is 1. The Morgan fingerprint density at radius 2 is 2.09 bits per heavy atom. The molecule has 1 aromatic heterocycles. The first kappa shape index (κ1) is 15.9. The van der Waals surface area contributed by atoms with Gasteiger partial charge in [0.2, 0.25) is 0 Å². The highest BCUT2D eigenvalue weighted by atomic mass is 35.5. The molecular weight excluding hydrogens is 316 g/mol. The molecule has 1 unspecified atom stereocenters. The third-order valence-electron chi connectivity index (χ3n) is 4.19. The summed E-state index contributed by atoms with van der Waals surface area (Å²) in [4.78, 5) is 7.09. The molecule has 1 N–H and O–H groups in total. The monoisotopic (exact) mass is 336 g/mol. The molecule has 1 fully saturated rings. The molecule has 2 aromatic rings. The van der Waals surface area contributed by atoms with Crippen LogP contribution in [-0.4, -0.2) is 33.2 Å². The number of halogens is 1. The van der Waals surface area contributed by atoms with Crippen LogP contribution in [0.2, 0.25) is 5.02 Å².